The molecule has 0 bridgehead atoms. The zero-order valence-electron chi connectivity index (χ0n) is 9.22. The Balaban J connectivity index is 2.78. The number of phenols is 1. The minimum Gasteiger partial charge on any atom is -0.513 e. The van der Waals surface area contributed by atoms with Gasteiger partial charge >= 0.3 is 0 Å². The van der Waals surface area contributed by atoms with Crippen molar-refractivity contribution in [1.29, 1.82) is 0 Å². The lowest BCUT2D eigenvalue weighted by atomic mass is 9.63. The summed E-state index contributed by atoms with van der Waals surface area (Å²) in [6.07, 6.45) is 5.08. The number of aliphatic hydroxyl groups is 1. The third kappa shape index (κ3) is 4.09. The third-order valence-electron chi connectivity index (χ3n) is 1.98. The molecule has 2 nitrogen and oxygen atoms in total. The molecule has 0 aliphatic heterocycles. The molecule has 0 saturated carbocycles. The molecule has 16 heavy (non-hydrogen) atoms. The molecule has 1 aromatic carbocycles. The highest BCUT2D eigenvalue weighted by Crippen LogP contribution is 2.04. The van der Waals surface area contributed by atoms with Crippen molar-refractivity contribution in [2.45, 2.75) is 6.92 Å². The highest BCUT2D eigenvalue weighted by molar-refractivity contribution is 6.61. The fourth-order valence-electron chi connectivity index (χ4n) is 1.15. The summed E-state index contributed by atoms with van der Waals surface area (Å²) in [6, 6.07) is 6.86. The van der Waals surface area contributed by atoms with Crippen LogP contribution in [0.3, 0.4) is 0 Å². The van der Waals surface area contributed by atoms with Gasteiger partial charge in [0.2, 0.25) is 0 Å². The smallest absolute Gasteiger partial charge is 0.191 e. The predicted molar refractivity (Wildman–Crippen MR) is 68.2 cm³/mol. The lowest BCUT2D eigenvalue weighted by Crippen LogP contribution is -2.14. The van der Waals surface area contributed by atoms with E-state index in [9.17, 15) is 0 Å². The number of phenolic OH excluding ortho intramolecular Hbond substituents is 1. The molecule has 0 aliphatic rings. The largest absolute Gasteiger partial charge is 0.513 e. The number of allylic oxidation sites excluding steroid dienone is 5. The van der Waals surface area contributed by atoms with Gasteiger partial charge in [0.25, 0.3) is 0 Å². The van der Waals surface area contributed by atoms with E-state index >= 15 is 0 Å². The molecule has 3 heteroatoms. The number of hydrogen-bond donors (Lipinski definition) is 2. The molecule has 1 rings (SSSR count). The second-order valence-corrected chi connectivity index (χ2v) is 3.41. The van der Waals surface area contributed by atoms with E-state index in [0.29, 0.717) is 0 Å². The molecule has 0 fully saturated rings. The molecular formula is C13H14BO2. The van der Waals surface area contributed by atoms with E-state index in [1.165, 1.54) is 0 Å². The summed E-state index contributed by atoms with van der Waals surface area (Å²) in [5.41, 5.74) is 1.85. The molecule has 0 unspecified atom stereocenters. The second kappa shape index (κ2) is 5.86. The summed E-state index contributed by atoms with van der Waals surface area (Å²) in [6.45, 7) is 5.30. The van der Waals surface area contributed by atoms with Crippen LogP contribution in [-0.4, -0.2) is 17.5 Å². The average Bonchev–Trinajstić information content (AvgIpc) is 2.26. The molecule has 0 heterocycles. The maximum Gasteiger partial charge on any atom is 0.191 e. The number of rotatable bonds is 4. The minimum atomic E-state index is 0.243. The zero-order valence-corrected chi connectivity index (χ0v) is 9.22. The predicted octanol–water partition coefficient (Wildman–Crippen LogP) is 2.25. The van der Waals surface area contributed by atoms with Crippen LogP contribution in [0.2, 0.25) is 0 Å². The maximum atomic E-state index is 9.13. The Morgan fingerprint density at radius 2 is 1.88 bits per heavy atom. The van der Waals surface area contributed by atoms with E-state index in [-0.39, 0.29) is 11.5 Å². The van der Waals surface area contributed by atoms with E-state index < -0.39 is 0 Å². The van der Waals surface area contributed by atoms with E-state index in [1.807, 2.05) is 19.4 Å². The van der Waals surface area contributed by atoms with Crippen molar-refractivity contribution in [3.05, 3.63) is 60.3 Å². The van der Waals surface area contributed by atoms with Gasteiger partial charge in [-0.2, -0.15) is 0 Å². The van der Waals surface area contributed by atoms with Gasteiger partial charge in [0.1, 0.15) is 5.75 Å². The number of hydrogen-bond acceptors (Lipinski definition) is 2. The normalized spacial score (nSPS) is 12.3. The first-order valence-corrected chi connectivity index (χ1v) is 4.95. The Morgan fingerprint density at radius 1 is 1.25 bits per heavy atom. The monoisotopic (exact) mass is 213 g/mol. The first-order chi connectivity index (χ1) is 7.61. The van der Waals surface area contributed by atoms with Gasteiger partial charge in [-0.05, 0) is 25.1 Å². The van der Waals surface area contributed by atoms with Crippen LogP contribution in [-0.2, 0) is 0 Å². The Hall–Kier alpha value is -1.90. The van der Waals surface area contributed by atoms with Gasteiger partial charge in [-0.3, -0.25) is 0 Å². The summed E-state index contributed by atoms with van der Waals surface area (Å²) in [7, 11) is 1.91. The van der Waals surface area contributed by atoms with Crippen LogP contribution in [0.1, 0.15) is 6.92 Å². The molecule has 0 aromatic heterocycles. The lowest BCUT2D eigenvalue weighted by Gasteiger charge is -2.00. The third-order valence-corrected chi connectivity index (χ3v) is 1.98. The quantitative estimate of drug-likeness (QED) is 0.457. The summed E-state index contributed by atoms with van der Waals surface area (Å²) in [5.74, 6) is 0.492. The molecule has 0 amide bonds. The lowest BCUT2D eigenvalue weighted by molar-refractivity contribution is 0.414. The highest BCUT2D eigenvalue weighted by Gasteiger charge is 1.98. The SMILES string of the molecule is C=C/C([B]c1ccc(O)cc1)=C\C=C(/C)O. The van der Waals surface area contributed by atoms with E-state index in [0.717, 1.165) is 10.9 Å². The second-order valence-electron chi connectivity index (χ2n) is 3.41. The van der Waals surface area contributed by atoms with E-state index in [4.69, 9.17) is 10.2 Å². The van der Waals surface area contributed by atoms with Gasteiger partial charge < -0.3 is 10.2 Å². The van der Waals surface area contributed by atoms with Crippen molar-refractivity contribution in [2.75, 3.05) is 0 Å². The Morgan fingerprint density at radius 3 is 2.38 bits per heavy atom. The Kier molecular flexibility index (Phi) is 4.46. The average molecular weight is 213 g/mol. The summed E-state index contributed by atoms with van der Waals surface area (Å²) >= 11 is 0. The van der Waals surface area contributed by atoms with Crippen molar-refractivity contribution in [3.63, 3.8) is 0 Å². The van der Waals surface area contributed by atoms with Crippen molar-refractivity contribution in [1.82, 2.24) is 0 Å². The summed E-state index contributed by atoms with van der Waals surface area (Å²) < 4.78 is 0. The molecular weight excluding hydrogens is 199 g/mol. The maximum absolute atomic E-state index is 9.13. The van der Waals surface area contributed by atoms with Crippen LogP contribution >= 0.6 is 0 Å². The molecule has 0 saturated heterocycles. The van der Waals surface area contributed by atoms with E-state index in [1.54, 1.807) is 37.3 Å². The summed E-state index contributed by atoms with van der Waals surface area (Å²) in [5, 5.41) is 18.2. The minimum absolute atomic E-state index is 0.243. The van der Waals surface area contributed by atoms with Crippen molar-refractivity contribution in [2.24, 2.45) is 0 Å². The van der Waals surface area contributed by atoms with E-state index in [2.05, 4.69) is 6.58 Å². The molecule has 0 spiro atoms. The number of benzene rings is 1. The molecule has 1 aromatic rings. The van der Waals surface area contributed by atoms with Gasteiger partial charge in [-0.25, -0.2) is 0 Å². The molecule has 2 N–H and O–H groups in total. The summed E-state index contributed by atoms with van der Waals surface area (Å²) in [4.78, 5) is 0. The fourth-order valence-corrected chi connectivity index (χ4v) is 1.15. The molecule has 0 atom stereocenters. The van der Waals surface area contributed by atoms with Crippen molar-refractivity contribution < 1.29 is 10.2 Å². The van der Waals surface area contributed by atoms with Gasteiger partial charge in [-0.15, -0.1) is 0 Å². The van der Waals surface area contributed by atoms with Gasteiger partial charge in [-0.1, -0.05) is 41.8 Å². The van der Waals surface area contributed by atoms with Crippen LogP contribution in [0.15, 0.2) is 60.3 Å². The first kappa shape index (κ1) is 12.2. The number of aromatic hydroxyl groups is 1. The molecule has 1 radical (unpaired) electrons. The van der Waals surface area contributed by atoms with Crippen LogP contribution < -0.4 is 5.46 Å². The van der Waals surface area contributed by atoms with Gasteiger partial charge in [0, 0.05) is 0 Å². The topological polar surface area (TPSA) is 40.5 Å². The van der Waals surface area contributed by atoms with Crippen LogP contribution in [0.5, 0.6) is 5.75 Å². The number of aliphatic hydroxyl groups excluding tert-OH is 1. The van der Waals surface area contributed by atoms with Crippen LogP contribution in [0.25, 0.3) is 0 Å². The standard InChI is InChI=1S/C13H14BO2/c1-3-11(5-4-10(2)15)14-12-6-8-13(16)9-7-12/h3-9,15-16H,1H2,2H3/b10-4+,11-5+. The first-order valence-electron chi connectivity index (χ1n) is 4.95. The highest BCUT2D eigenvalue weighted by atomic mass is 16.3. The van der Waals surface area contributed by atoms with Gasteiger partial charge in [0.15, 0.2) is 7.28 Å². The van der Waals surface area contributed by atoms with Crippen molar-refractivity contribution in [3.8, 4) is 5.75 Å². The Bertz CT molecular complexity index is 412. The fraction of sp³-hybridized carbons (Fsp3) is 0.0769. The van der Waals surface area contributed by atoms with Crippen LogP contribution in [0, 0.1) is 0 Å². The van der Waals surface area contributed by atoms with Gasteiger partial charge in [0.05, 0.1) is 5.76 Å². The zero-order chi connectivity index (χ0) is 12.0. The molecule has 81 valence electrons. The Labute approximate surface area is 96.5 Å². The van der Waals surface area contributed by atoms with Crippen LogP contribution in [0.4, 0.5) is 0 Å². The van der Waals surface area contributed by atoms with Crippen molar-refractivity contribution >= 4 is 12.7 Å². The molecule has 0 aliphatic carbocycles.